The Hall–Kier alpha value is -1.63. The molecule has 2 amide bonds. The number of anilines is 1. The summed E-state index contributed by atoms with van der Waals surface area (Å²) >= 11 is 2.17. The maximum atomic E-state index is 11.6. The fourth-order valence-electron chi connectivity index (χ4n) is 1.41. The topological polar surface area (TPSA) is 54.0 Å². The number of halogens is 1. The first-order valence-electron chi connectivity index (χ1n) is 5.44. The number of hydrogen-bond donors (Lipinski definition) is 2. The lowest BCUT2D eigenvalue weighted by atomic mass is 10.2. The first-order valence-corrected chi connectivity index (χ1v) is 6.52. The van der Waals surface area contributed by atoms with Gasteiger partial charge in [0.25, 0.3) is 0 Å². The lowest BCUT2D eigenvalue weighted by Gasteiger charge is -2.07. The van der Waals surface area contributed by atoms with Gasteiger partial charge in [-0.2, -0.15) is 0 Å². The standard InChI is InChI=1S/C13H12IN3O/c14-11-6-7-15-12(8-11)17-13(18)16-9-10-4-2-1-3-5-10/h1-8H,9H2,(H2,15,16,17,18). The van der Waals surface area contributed by atoms with Crippen LogP contribution in [0.25, 0.3) is 0 Å². The Balaban J connectivity index is 1.86. The summed E-state index contributed by atoms with van der Waals surface area (Å²) in [5, 5.41) is 5.46. The van der Waals surface area contributed by atoms with Gasteiger partial charge in [0.05, 0.1) is 0 Å². The Morgan fingerprint density at radius 2 is 2.00 bits per heavy atom. The quantitative estimate of drug-likeness (QED) is 0.834. The molecule has 5 heteroatoms. The van der Waals surface area contributed by atoms with Crippen molar-refractivity contribution in [3.63, 3.8) is 0 Å². The molecule has 0 bridgehead atoms. The Kier molecular flexibility index (Phi) is 4.52. The summed E-state index contributed by atoms with van der Waals surface area (Å²) in [6, 6.07) is 13.2. The second kappa shape index (κ2) is 6.34. The Morgan fingerprint density at radius 1 is 1.22 bits per heavy atom. The van der Waals surface area contributed by atoms with Crippen molar-refractivity contribution in [3.8, 4) is 0 Å². The zero-order chi connectivity index (χ0) is 12.8. The molecule has 1 aromatic heterocycles. The Morgan fingerprint density at radius 3 is 2.72 bits per heavy atom. The number of nitrogens with zero attached hydrogens (tertiary/aromatic N) is 1. The zero-order valence-corrected chi connectivity index (χ0v) is 11.7. The molecular formula is C13H12IN3O. The third kappa shape index (κ3) is 3.99. The maximum absolute atomic E-state index is 11.6. The number of urea groups is 1. The molecule has 2 rings (SSSR count). The van der Waals surface area contributed by atoms with Crippen LogP contribution in [-0.2, 0) is 6.54 Å². The van der Waals surface area contributed by atoms with Gasteiger partial charge in [-0.15, -0.1) is 0 Å². The molecule has 0 saturated carbocycles. The SMILES string of the molecule is O=C(NCc1ccccc1)Nc1cc(I)ccn1. The van der Waals surface area contributed by atoms with Crippen molar-refractivity contribution in [3.05, 3.63) is 57.8 Å². The molecule has 0 unspecified atom stereocenters. The number of pyridine rings is 1. The van der Waals surface area contributed by atoms with Gasteiger partial charge in [0.2, 0.25) is 0 Å². The molecular weight excluding hydrogens is 341 g/mol. The lowest BCUT2D eigenvalue weighted by Crippen LogP contribution is -2.28. The van der Waals surface area contributed by atoms with Crippen molar-refractivity contribution < 1.29 is 4.79 Å². The third-order valence-corrected chi connectivity index (χ3v) is 2.93. The molecule has 1 heterocycles. The van der Waals surface area contributed by atoms with Gasteiger partial charge < -0.3 is 5.32 Å². The normalized spacial score (nSPS) is 9.83. The molecule has 0 fully saturated rings. The number of nitrogens with one attached hydrogen (secondary N) is 2. The van der Waals surface area contributed by atoms with E-state index < -0.39 is 0 Å². The Labute approximate surface area is 119 Å². The van der Waals surface area contributed by atoms with Crippen molar-refractivity contribution in [2.75, 3.05) is 5.32 Å². The minimum absolute atomic E-state index is 0.256. The molecule has 0 aliphatic carbocycles. The highest BCUT2D eigenvalue weighted by Crippen LogP contribution is 2.08. The first kappa shape index (κ1) is 12.8. The molecule has 18 heavy (non-hydrogen) atoms. The van der Waals surface area contributed by atoms with Crippen LogP contribution in [0, 0.1) is 3.57 Å². The summed E-state index contributed by atoms with van der Waals surface area (Å²) in [6.07, 6.45) is 1.66. The van der Waals surface area contributed by atoms with Gasteiger partial charge in [-0.1, -0.05) is 30.3 Å². The van der Waals surface area contributed by atoms with Gasteiger partial charge >= 0.3 is 6.03 Å². The fraction of sp³-hybridized carbons (Fsp3) is 0.0769. The van der Waals surface area contributed by atoms with E-state index in [2.05, 4.69) is 38.2 Å². The van der Waals surface area contributed by atoms with Crippen LogP contribution in [0.4, 0.5) is 10.6 Å². The zero-order valence-electron chi connectivity index (χ0n) is 9.56. The molecule has 0 aliphatic heterocycles. The average molecular weight is 353 g/mol. The van der Waals surface area contributed by atoms with Crippen LogP contribution in [0.1, 0.15) is 5.56 Å². The van der Waals surface area contributed by atoms with Crippen LogP contribution >= 0.6 is 22.6 Å². The average Bonchev–Trinajstić information content (AvgIpc) is 2.38. The second-order valence-corrected chi connectivity index (χ2v) is 4.90. The molecule has 0 atom stereocenters. The highest BCUT2D eigenvalue weighted by Gasteiger charge is 2.02. The number of amides is 2. The van der Waals surface area contributed by atoms with Crippen molar-refractivity contribution in [1.29, 1.82) is 0 Å². The molecule has 4 nitrogen and oxygen atoms in total. The summed E-state index contributed by atoms with van der Waals surface area (Å²) in [5.74, 6) is 0.549. The van der Waals surface area contributed by atoms with E-state index in [-0.39, 0.29) is 6.03 Å². The third-order valence-electron chi connectivity index (χ3n) is 2.26. The van der Waals surface area contributed by atoms with Crippen LogP contribution in [0.3, 0.4) is 0 Å². The molecule has 0 aliphatic rings. The molecule has 0 spiro atoms. The largest absolute Gasteiger partial charge is 0.334 e. The summed E-state index contributed by atoms with van der Waals surface area (Å²) < 4.78 is 1.03. The van der Waals surface area contributed by atoms with Gasteiger partial charge in [-0.05, 0) is 40.3 Å². The predicted octanol–water partition coefficient (Wildman–Crippen LogP) is 3.01. The van der Waals surface area contributed by atoms with Gasteiger partial charge in [-0.3, -0.25) is 5.32 Å². The number of rotatable bonds is 3. The minimum atomic E-state index is -0.256. The lowest BCUT2D eigenvalue weighted by molar-refractivity contribution is 0.251. The summed E-state index contributed by atoms with van der Waals surface area (Å²) in [7, 11) is 0. The summed E-state index contributed by atoms with van der Waals surface area (Å²) in [6.45, 7) is 0.497. The van der Waals surface area contributed by atoms with Gasteiger partial charge in [-0.25, -0.2) is 9.78 Å². The van der Waals surface area contributed by atoms with Crippen LogP contribution < -0.4 is 10.6 Å². The van der Waals surface area contributed by atoms with Gasteiger partial charge in [0, 0.05) is 16.3 Å². The first-order chi connectivity index (χ1) is 8.74. The smallest absolute Gasteiger partial charge is 0.320 e. The molecule has 1 aromatic carbocycles. The summed E-state index contributed by atoms with van der Waals surface area (Å²) in [5.41, 5.74) is 1.06. The van der Waals surface area contributed by atoms with Crippen molar-refractivity contribution in [2.24, 2.45) is 0 Å². The molecule has 2 aromatic rings. The fourth-order valence-corrected chi connectivity index (χ4v) is 1.87. The second-order valence-electron chi connectivity index (χ2n) is 3.65. The van der Waals surface area contributed by atoms with Crippen LogP contribution in [0.2, 0.25) is 0 Å². The van der Waals surface area contributed by atoms with E-state index >= 15 is 0 Å². The van der Waals surface area contributed by atoms with Gasteiger partial charge in [0.1, 0.15) is 5.82 Å². The van der Waals surface area contributed by atoms with Crippen LogP contribution in [0.5, 0.6) is 0 Å². The highest BCUT2D eigenvalue weighted by molar-refractivity contribution is 14.1. The molecule has 92 valence electrons. The van der Waals surface area contributed by atoms with E-state index in [9.17, 15) is 4.79 Å². The van der Waals surface area contributed by atoms with E-state index in [4.69, 9.17) is 0 Å². The van der Waals surface area contributed by atoms with E-state index in [1.807, 2.05) is 42.5 Å². The number of hydrogen-bond acceptors (Lipinski definition) is 2. The number of aromatic nitrogens is 1. The monoisotopic (exact) mass is 353 g/mol. The molecule has 2 N–H and O–H groups in total. The molecule has 0 saturated heterocycles. The van der Waals surface area contributed by atoms with Crippen molar-refractivity contribution in [2.45, 2.75) is 6.54 Å². The van der Waals surface area contributed by atoms with E-state index in [1.54, 1.807) is 6.20 Å². The van der Waals surface area contributed by atoms with Gasteiger partial charge in [0.15, 0.2) is 0 Å². The minimum Gasteiger partial charge on any atom is -0.334 e. The van der Waals surface area contributed by atoms with Crippen molar-refractivity contribution >= 4 is 34.4 Å². The van der Waals surface area contributed by atoms with Crippen LogP contribution in [0.15, 0.2) is 48.7 Å². The van der Waals surface area contributed by atoms with Crippen molar-refractivity contribution in [1.82, 2.24) is 10.3 Å². The maximum Gasteiger partial charge on any atom is 0.320 e. The van der Waals surface area contributed by atoms with E-state index in [0.29, 0.717) is 12.4 Å². The number of benzene rings is 1. The molecule has 0 radical (unpaired) electrons. The number of carbonyl (C=O) groups excluding carboxylic acids is 1. The van der Waals surface area contributed by atoms with E-state index in [1.165, 1.54) is 0 Å². The van der Waals surface area contributed by atoms with Crippen LogP contribution in [-0.4, -0.2) is 11.0 Å². The van der Waals surface area contributed by atoms with E-state index in [0.717, 1.165) is 9.13 Å². The number of carbonyl (C=O) groups is 1. The predicted molar refractivity (Wildman–Crippen MR) is 79.3 cm³/mol. The highest BCUT2D eigenvalue weighted by atomic mass is 127. The Bertz CT molecular complexity index is 531. The summed E-state index contributed by atoms with van der Waals surface area (Å²) in [4.78, 5) is 15.7.